The van der Waals surface area contributed by atoms with E-state index in [1.807, 2.05) is 19.1 Å². The molecule has 7 nitrogen and oxygen atoms in total. The van der Waals surface area contributed by atoms with Crippen LogP contribution in [0.25, 0.3) is 10.6 Å². The zero-order chi connectivity index (χ0) is 22.0. The topological polar surface area (TPSA) is 101 Å². The number of piperidine rings is 1. The molecule has 32 heavy (non-hydrogen) atoms. The van der Waals surface area contributed by atoms with E-state index >= 15 is 0 Å². The van der Waals surface area contributed by atoms with Gasteiger partial charge in [0, 0.05) is 41.5 Å². The number of hydrogen-bond acceptors (Lipinski definition) is 7. The fraction of sp³-hybridized carbons (Fsp3) is 0.350. The first-order chi connectivity index (χ1) is 14.7. The van der Waals surface area contributed by atoms with Crippen molar-refractivity contribution >= 4 is 62.9 Å². The van der Waals surface area contributed by atoms with Crippen LogP contribution in [0.2, 0.25) is 10.0 Å². The molecule has 3 aromatic rings. The molecule has 12 heteroatoms. The number of nitrogens with zero attached hydrogens (tertiary/aromatic N) is 2. The van der Waals surface area contributed by atoms with Gasteiger partial charge in [0.2, 0.25) is 0 Å². The van der Waals surface area contributed by atoms with E-state index in [9.17, 15) is 14.7 Å². The first-order valence-corrected chi connectivity index (χ1v) is 12.0. The number of carbonyl (C=O) groups excluding carboxylic acids is 2. The number of thiophene rings is 1. The molecule has 0 spiro atoms. The molecule has 2 fully saturated rings. The minimum atomic E-state index is -1.21. The van der Waals surface area contributed by atoms with E-state index < -0.39 is 5.97 Å². The number of thiazole rings is 1. The van der Waals surface area contributed by atoms with Gasteiger partial charge >= 0.3 is 18.9 Å². The average Bonchev–Trinajstić information content (AvgIpc) is 3.26. The Morgan fingerprint density at radius 2 is 1.88 bits per heavy atom. The van der Waals surface area contributed by atoms with Crippen molar-refractivity contribution in [2.24, 2.45) is 11.8 Å². The molecular formula is C20H17Cl2LiN4O3S2. The molecule has 1 unspecified atom stereocenters. The summed E-state index contributed by atoms with van der Waals surface area (Å²) < 4.78 is 0. The Balaban J connectivity index is 0.00000245. The van der Waals surface area contributed by atoms with Gasteiger partial charge in [-0.2, -0.15) is 0 Å². The molecule has 0 aromatic carbocycles. The maximum atomic E-state index is 12.6. The number of aryl methyl sites for hydroxylation is 2. The second kappa shape index (κ2) is 8.71. The second-order valence-electron chi connectivity index (χ2n) is 7.86. The first kappa shape index (κ1) is 23.7. The van der Waals surface area contributed by atoms with Crippen LogP contribution in [-0.4, -0.2) is 41.0 Å². The third-order valence-electron chi connectivity index (χ3n) is 5.82. The standard InChI is InChI=1S/C20H18Cl2N4O3S2.Li/c1-7-3-4-11(30-7)15-17(19(28)29)31-20(25-15)26-5-9-10(6-26)14(9)24-18(27)16-13(22)12(21)8(2)23-16;/h3-4,9-10,14,23H,5-6H2,1-2H3,(H,24,27)(H,28,29);/q;+1/p-1/t9-,10+,14?;. The zero-order valence-electron chi connectivity index (χ0n) is 17.5. The summed E-state index contributed by atoms with van der Waals surface area (Å²) in [5, 5.41) is 15.9. The van der Waals surface area contributed by atoms with E-state index in [1.54, 1.807) is 6.92 Å². The smallest absolute Gasteiger partial charge is 0.544 e. The summed E-state index contributed by atoms with van der Waals surface area (Å²) in [7, 11) is 0. The summed E-state index contributed by atoms with van der Waals surface area (Å²) in [6.07, 6.45) is 0. The molecule has 2 N–H and O–H groups in total. The van der Waals surface area contributed by atoms with Crippen LogP contribution in [0.15, 0.2) is 12.1 Å². The van der Waals surface area contributed by atoms with Gasteiger partial charge in [-0.1, -0.05) is 34.5 Å². The molecule has 2 aliphatic rings. The van der Waals surface area contributed by atoms with Crippen LogP contribution in [0.1, 0.15) is 30.7 Å². The Morgan fingerprint density at radius 3 is 2.41 bits per heavy atom. The first-order valence-electron chi connectivity index (χ1n) is 9.63. The number of H-pyrrole nitrogens is 1. The van der Waals surface area contributed by atoms with Crippen LogP contribution in [0.3, 0.4) is 0 Å². The third-order valence-corrected chi connectivity index (χ3v) is 8.87. The molecule has 5 rings (SSSR count). The number of rotatable bonds is 5. The normalized spacial score (nSPS) is 21.2. The zero-order valence-corrected chi connectivity index (χ0v) is 20.6. The number of carboxylic acids is 1. The van der Waals surface area contributed by atoms with Gasteiger partial charge in [-0.15, -0.1) is 11.3 Å². The van der Waals surface area contributed by atoms with Crippen LogP contribution in [0, 0.1) is 25.7 Å². The van der Waals surface area contributed by atoms with Crippen molar-refractivity contribution in [1.29, 1.82) is 0 Å². The van der Waals surface area contributed by atoms with Crippen molar-refractivity contribution in [2.45, 2.75) is 19.9 Å². The Hall–Kier alpha value is -1.47. The molecule has 3 aromatic heterocycles. The van der Waals surface area contributed by atoms with Crippen LogP contribution >= 0.6 is 45.9 Å². The number of carbonyl (C=O) groups is 2. The molecule has 0 radical (unpaired) electrons. The van der Waals surface area contributed by atoms with Crippen LogP contribution < -0.4 is 34.2 Å². The van der Waals surface area contributed by atoms with Crippen LogP contribution in [0.4, 0.5) is 5.13 Å². The fourth-order valence-electron chi connectivity index (χ4n) is 4.16. The number of anilines is 1. The third kappa shape index (κ3) is 4.00. The number of halogens is 2. The number of aromatic carboxylic acids is 1. The molecule has 1 aliphatic heterocycles. The quantitative estimate of drug-likeness (QED) is 0.490. The molecule has 0 bridgehead atoms. The molecule has 4 heterocycles. The fourth-order valence-corrected chi connectivity index (χ4v) is 6.44. The van der Waals surface area contributed by atoms with Crippen molar-refractivity contribution in [1.82, 2.24) is 15.3 Å². The number of fused-ring (bicyclic) bond motifs is 1. The Labute approximate surface area is 214 Å². The van der Waals surface area contributed by atoms with Gasteiger partial charge < -0.3 is 25.1 Å². The minimum absolute atomic E-state index is 0. The number of hydrogen-bond donors (Lipinski definition) is 2. The van der Waals surface area contributed by atoms with Crippen molar-refractivity contribution in [2.75, 3.05) is 18.0 Å². The predicted molar refractivity (Wildman–Crippen MR) is 120 cm³/mol. The summed E-state index contributed by atoms with van der Waals surface area (Å²) in [6.45, 7) is 5.14. The van der Waals surface area contributed by atoms with Gasteiger partial charge in [-0.05, 0) is 26.0 Å². The SMILES string of the molecule is Cc1ccc(-c2nc(N3C[C@@H]4C(NC(=O)c5[nH]c(C)c(Cl)c5Cl)[C@@H]4C3)sc2C(=O)[O-])s1.[Li+]. The van der Waals surface area contributed by atoms with Gasteiger partial charge in [-0.25, -0.2) is 4.98 Å². The van der Waals surface area contributed by atoms with Crippen molar-refractivity contribution < 1.29 is 33.6 Å². The number of aromatic amines is 1. The summed E-state index contributed by atoms with van der Waals surface area (Å²) in [4.78, 5) is 35.9. The molecule has 162 valence electrons. The van der Waals surface area contributed by atoms with Gasteiger partial charge in [0.25, 0.3) is 5.91 Å². The van der Waals surface area contributed by atoms with Crippen molar-refractivity contribution in [3.8, 4) is 10.6 Å². The van der Waals surface area contributed by atoms with Crippen LogP contribution in [-0.2, 0) is 0 Å². The molecule has 1 saturated carbocycles. The molecule has 1 amide bonds. The maximum Gasteiger partial charge on any atom is 1.00 e. The predicted octanol–water partition coefficient (Wildman–Crippen LogP) is 0.355. The molecule has 1 saturated heterocycles. The van der Waals surface area contributed by atoms with E-state index in [2.05, 4.69) is 20.2 Å². The summed E-state index contributed by atoms with van der Waals surface area (Å²) in [5.41, 5.74) is 1.40. The number of aromatic nitrogens is 2. The van der Waals surface area contributed by atoms with Gasteiger partial charge in [0.1, 0.15) is 11.4 Å². The van der Waals surface area contributed by atoms with E-state index in [0.29, 0.717) is 34.6 Å². The van der Waals surface area contributed by atoms with Crippen LogP contribution in [0.5, 0.6) is 0 Å². The summed E-state index contributed by atoms with van der Waals surface area (Å²) >= 11 is 14.9. The van der Waals surface area contributed by atoms with Crippen molar-refractivity contribution in [3.05, 3.63) is 43.3 Å². The Bertz CT molecular complexity index is 1210. The summed E-state index contributed by atoms with van der Waals surface area (Å²) in [5.74, 6) is -0.903. The van der Waals surface area contributed by atoms with E-state index in [4.69, 9.17) is 23.2 Å². The van der Waals surface area contributed by atoms with E-state index in [0.717, 1.165) is 21.1 Å². The molecule has 1 aliphatic carbocycles. The number of amides is 1. The Kier molecular flexibility index (Phi) is 6.44. The molecule has 3 atom stereocenters. The number of nitrogens with one attached hydrogen (secondary N) is 2. The summed E-state index contributed by atoms with van der Waals surface area (Å²) in [6, 6.07) is 3.89. The van der Waals surface area contributed by atoms with Crippen molar-refractivity contribution in [3.63, 3.8) is 0 Å². The van der Waals surface area contributed by atoms with Gasteiger partial charge in [0.05, 0.1) is 25.8 Å². The monoisotopic (exact) mass is 502 g/mol. The van der Waals surface area contributed by atoms with E-state index in [1.165, 1.54) is 11.3 Å². The second-order valence-corrected chi connectivity index (χ2v) is 10.9. The van der Waals surface area contributed by atoms with Gasteiger partial charge in [-0.3, -0.25) is 4.79 Å². The minimum Gasteiger partial charge on any atom is -0.544 e. The average molecular weight is 503 g/mol. The maximum absolute atomic E-state index is 12.6. The largest absolute Gasteiger partial charge is 1.00 e. The van der Waals surface area contributed by atoms with E-state index in [-0.39, 0.29) is 58.2 Å². The molecular weight excluding hydrogens is 486 g/mol. The van der Waals surface area contributed by atoms with Gasteiger partial charge in [0.15, 0.2) is 5.13 Å². The number of carboxylic acid groups (broad SMARTS) is 1. The Morgan fingerprint density at radius 1 is 1.19 bits per heavy atom.